The fraction of sp³-hybridized carbons (Fsp3) is 0.884. The smallest absolute Gasteiger partial charge is 0.136 e. The van der Waals surface area contributed by atoms with Gasteiger partial charge in [-0.15, -0.1) is 0 Å². The quantitative estimate of drug-likeness (QED) is 0.216. The highest BCUT2D eigenvalue weighted by atomic mass is 16.1. The lowest BCUT2D eigenvalue weighted by atomic mass is 9.85. The molecule has 0 aromatic carbocycles. The number of rotatable bonds is 11. The molecule has 0 fully saturated rings. The summed E-state index contributed by atoms with van der Waals surface area (Å²) in [6.07, 6.45) is 6.91. The molecule has 0 bridgehead atoms. The molecule has 48 heavy (non-hydrogen) atoms. The third kappa shape index (κ3) is 56.7. The number of Topliss-reactive ketones (excluding diaryl/α,β-unsaturated/α-hetero) is 5. The van der Waals surface area contributed by atoms with E-state index in [9.17, 15) is 24.0 Å². The Bertz CT molecular complexity index is 888. The van der Waals surface area contributed by atoms with Crippen LogP contribution >= 0.6 is 0 Å². The van der Waals surface area contributed by atoms with Gasteiger partial charge in [0.2, 0.25) is 0 Å². The first kappa shape index (κ1) is 55.8. The number of hydrogen-bond acceptors (Lipinski definition) is 5. The van der Waals surface area contributed by atoms with Gasteiger partial charge >= 0.3 is 0 Å². The van der Waals surface area contributed by atoms with Crippen molar-refractivity contribution in [3.05, 3.63) is 0 Å². The summed E-state index contributed by atoms with van der Waals surface area (Å²) in [7, 11) is 0. The average molecular weight is 683 g/mol. The van der Waals surface area contributed by atoms with Crippen LogP contribution in [0.1, 0.15) is 210 Å². The summed E-state index contributed by atoms with van der Waals surface area (Å²) < 4.78 is 0. The Kier molecular flexibility index (Phi) is 30.4. The molecular weight excluding hydrogens is 596 g/mol. The highest BCUT2D eigenvalue weighted by Crippen LogP contribution is 2.23. The average Bonchev–Trinajstić information content (AvgIpc) is 2.79. The molecule has 0 aliphatic rings. The Morgan fingerprint density at radius 1 is 0.458 bits per heavy atom. The largest absolute Gasteiger partial charge is 0.300 e. The van der Waals surface area contributed by atoms with Crippen LogP contribution in [0.2, 0.25) is 0 Å². The van der Waals surface area contributed by atoms with Crippen LogP contribution in [-0.2, 0) is 24.0 Å². The Labute approximate surface area is 301 Å². The SMILES string of the molecule is CC(=O)CC(C)(C)C.CC(C)C(=O)CC(C)(C)C.CCC(=O)CC(C)(C)C.CCC(C)C(=O)CC(C)(C)C.CCCC(=O)CC(C)(C)C. The zero-order valence-electron chi connectivity index (χ0n) is 36.6. The normalized spacial score (nSPS) is 12.4. The van der Waals surface area contributed by atoms with Crippen LogP contribution in [0.4, 0.5) is 0 Å². The third-order valence-corrected chi connectivity index (χ3v) is 6.37. The van der Waals surface area contributed by atoms with E-state index in [2.05, 4.69) is 111 Å². The molecule has 0 aliphatic carbocycles. The van der Waals surface area contributed by atoms with Crippen molar-refractivity contribution >= 4 is 28.9 Å². The van der Waals surface area contributed by atoms with E-state index in [0.717, 1.165) is 25.7 Å². The molecular formula is C43H86O5. The van der Waals surface area contributed by atoms with E-state index < -0.39 is 0 Å². The minimum atomic E-state index is 0.153. The molecule has 0 aromatic rings. The fourth-order valence-corrected chi connectivity index (χ4v) is 4.07. The first-order chi connectivity index (χ1) is 21.0. The Morgan fingerprint density at radius 2 is 0.771 bits per heavy atom. The summed E-state index contributed by atoms with van der Waals surface area (Å²) in [5, 5.41) is 0. The first-order valence-electron chi connectivity index (χ1n) is 18.6. The van der Waals surface area contributed by atoms with Crippen molar-refractivity contribution in [2.24, 2.45) is 38.9 Å². The van der Waals surface area contributed by atoms with Crippen LogP contribution in [0.15, 0.2) is 0 Å². The third-order valence-electron chi connectivity index (χ3n) is 6.37. The summed E-state index contributed by atoms with van der Waals surface area (Å²) >= 11 is 0. The number of ketones is 5. The van der Waals surface area contributed by atoms with Crippen molar-refractivity contribution < 1.29 is 24.0 Å². The van der Waals surface area contributed by atoms with Crippen molar-refractivity contribution in [3.8, 4) is 0 Å². The molecule has 5 heteroatoms. The molecule has 0 radical (unpaired) electrons. The lowest BCUT2D eigenvalue weighted by molar-refractivity contribution is -0.124. The molecule has 0 rings (SSSR count). The number of carbonyl (C=O) groups excluding carboxylic acids is 5. The topological polar surface area (TPSA) is 85.3 Å². The predicted molar refractivity (Wildman–Crippen MR) is 211 cm³/mol. The molecule has 0 saturated heterocycles. The van der Waals surface area contributed by atoms with Crippen molar-refractivity contribution in [3.63, 3.8) is 0 Å². The van der Waals surface area contributed by atoms with Crippen molar-refractivity contribution in [2.45, 2.75) is 210 Å². The van der Waals surface area contributed by atoms with Gasteiger partial charge in [0, 0.05) is 56.8 Å². The van der Waals surface area contributed by atoms with Crippen LogP contribution in [0.3, 0.4) is 0 Å². The van der Waals surface area contributed by atoms with E-state index in [1.165, 1.54) is 0 Å². The van der Waals surface area contributed by atoms with Crippen molar-refractivity contribution in [1.29, 1.82) is 0 Å². The van der Waals surface area contributed by atoms with E-state index in [1.807, 2.05) is 34.6 Å². The monoisotopic (exact) mass is 683 g/mol. The summed E-state index contributed by atoms with van der Waals surface area (Å²) in [5.41, 5.74) is 0.826. The zero-order chi connectivity index (χ0) is 39.9. The molecule has 0 amide bonds. The van der Waals surface area contributed by atoms with Crippen LogP contribution in [0.25, 0.3) is 0 Å². The maximum atomic E-state index is 11.4. The lowest BCUT2D eigenvalue weighted by Crippen LogP contribution is -2.18. The Balaban J connectivity index is -0.000000161. The summed E-state index contributed by atoms with van der Waals surface area (Å²) in [6, 6.07) is 0. The van der Waals surface area contributed by atoms with Gasteiger partial charge in [-0.1, -0.05) is 145 Å². The first-order valence-corrected chi connectivity index (χ1v) is 18.6. The molecule has 0 aliphatic heterocycles. The molecule has 288 valence electrons. The second kappa shape index (κ2) is 26.2. The molecule has 0 aromatic heterocycles. The second-order valence-corrected chi connectivity index (χ2v) is 20.0. The number of carbonyl (C=O) groups is 5. The lowest BCUT2D eigenvalue weighted by Gasteiger charge is -2.18. The second-order valence-electron chi connectivity index (χ2n) is 20.0. The van der Waals surface area contributed by atoms with Gasteiger partial charge in [-0.2, -0.15) is 0 Å². The summed E-state index contributed by atoms with van der Waals surface area (Å²) in [4.78, 5) is 54.9. The Morgan fingerprint density at radius 3 is 0.938 bits per heavy atom. The maximum absolute atomic E-state index is 11.4. The molecule has 1 unspecified atom stereocenters. The van der Waals surface area contributed by atoms with Crippen LogP contribution < -0.4 is 0 Å². The van der Waals surface area contributed by atoms with Gasteiger partial charge in [-0.3, -0.25) is 19.2 Å². The van der Waals surface area contributed by atoms with E-state index in [0.29, 0.717) is 55.2 Å². The molecule has 0 N–H and O–H groups in total. The van der Waals surface area contributed by atoms with Crippen molar-refractivity contribution in [2.75, 3.05) is 0 Å². The van der Waals surface area contributed by atoms with Gasteiger partial charge in [0.1, 0.15) is 28.9 Å². The van der Waals surface area contributed by atoms with E-state index in [-0.39, 0.29) is 44.7 Å². The maximum Gasteiger partial charge on any atom is 0.136 e. The fourth-order valence-electron chi connectivity index (χ4n) is 4.07. The molecule has 0 heterocycles. The minimum absolute atomic E-state index is 0.153. The van der Waals surface area contributed by atoms with Gasteiger partial charge in [-0.25, -0.2) is 0 Å². The van der Waals surface area contributed by atoms with Gasteiger partial charge < -0.3 is 4.79 Å². The van der Waals surface area contributed by atoms with Gasteiger partial charge in [0.05, 0.1) is 0 Å². The van der Waals surface area contributed by atoms with Crippen LogP contribution in [0.5, 0.6) is 0 Å². The highest BCUT2D eigenvalue weighted by Gasteiger charge is 2.20. The van der Waals surface area contributed by atoms with Crippen LogP contribution in [0, 0.1) is 38.9 Å². The Hall–Kier alpha value is -1.65. The standard InChI is InChI=1S/C10H20O.2C9H18O.C8H16O.C7H14O/c1-6-8(2)9(11)7-10(3,4)5;1-7(2)8(10)6-9(3,4)5;1-5-6-8(10)7-9(2,3)4;1-5-7(9)6-8(2,3)4;1-6(8)5-7(2,3)4/h8H,6-7H2,1-5H3;7H,6H2,1-5H3;5-7H2,1-4H3;5-6H2,1-4H3;5H2,1-4H3. The summed E-state index contributed by atoms with van der Waals surface area (Å²) in [5.74, 6) is 2.25. The van der Waals surface area contributed by atoms with E-state index in [4.69, 9.17) is 0 Å². The van der Waals surface area contributed by atoms with Crippen molar-refractivity contribution in [1.82, 2.24) is 0 Å². The molecule has 5 nitrogen and oxygen atoms in total. The van der Waals surface area contributed by atoms with Gasteiger partial charge in [-0.05, 0) is 46.8 Å². The van der Waals surface area contributed by atoms with Gasteiger partial charge in [0.25, 0.3) is 0 Å². The predicted octanol–water partition coefficient (Wildman–Crippen LogP) is 12.9. The van der Waals surface area contributed by atoms with Gasteiger partial charge in [0.15, 0.2) is 0 Å². The van der Waals surface area contributed by atoms with Crippen LogP contribution in [-0.4, -0.2) is 28.9 Å². The summed E-state index contributed by atoms with van der Waals surface area (Å²) in [6.45, 7) is 44.9. The molecule has 0 spiro atoms. The highest BCUT2D eigenvalue weighted by molar-refractivity contribution is 5.81. The molecule has 0 saturated carbocycles. The zero-order valence-corrected chi connectivity index (χ0v) is 36.6. The van der Waals surface area contributed by atoms with E-state index in [1.54, 1.807) is 6.92 Å². The number of hydrogen-bond donors (Lipinski definition) is 0. The molecule has 1 atom stereocenters. The van der Waals surface area contributed by atoms with E-state index >= 15 is 0 Å². The minimum Gasteiger partial charge on any atom is -0.300 e.